The first-order valence-corrected chi connectivity index (χ1v) is 8.82. The van der Waals surface area contributed by atoms with Crippen LogP contribution in [0.5, 0.6) is 0 Å². The molecule has 0 saturated heterocycles. The van der Waals surface area contributed by atoms with Crippen LogP contribution in [-0.4, -0.2) is 20.4 Å². The Hall–Kier alpha value is -3.48. The number of hydrogen-bond donors (Lipinski definition) is 2. The first-order valence-electron chi connectivity index (χ1n) is 8.82. The molecule has 0 radical (unpaired) electrons. The Morgan fingerprint density at radius 1 is 1.32 bits per heavy atom. The summed E-state index contributed by atoms with van der Waals surface area (Å²) in [4.78, 5) is 9.18. The molecule has 6 nitrogen and oxygen atoms in total. The largest absolute Gasteiger partial charge is 0.382 e. The lowest BCUT2D eigenvalue weighted by atomic mass is 9.95. The van der Waals surface area contributed by atoms with Gasteiger partial charge in [0, 0.05) is 12.4 Å². The van der Waals surface area contributed by atoms with Crippen LogP contribution >= 0.6 is 0 Å². The molecule has 1 aromatic carbocycles. The molecule has 3 aromatic rings. The molecule has 3 rings (SSSR count). The Morgan fingerprint density at radius 3 is 2.71 bits per heavy atom. The number of fused-ring (bicyclic) bond motifs is 1. The molecule has 0 unspecified atom stereocenters. The minimum atomic E-state index is -0.583. The lowest BCUT2D eigenvalue weighted by molar-refractivity contribution is 0.553. The van der Waals surface area contributed by atoms with E-state index >= 15 is 0 Å². The van der Waals surface area contributed by atoms with E-state index in [1.54, 1.807) is 41.3 Å². The molecule has 28 heavy (non-hydrogen) atoms. The van der Waals surface area contributed by atoms with Crippen LogP contribution in [0.3, 0.4) is 0 Å². The molecule has 0 saturated carbocycles. The lowest BCUT2D eigenvalue weighted by Gasteiger charge is -2.22. The molecule has 7 heteroatoms. The standard InChI is InChI=1S/C21H23FN6/c1-5-24-17(26-21(3,4)15-7-9-16(22)10-8-15)13-14(2)18-19(23)27-28-12-6-11-25-20(18)28/h5-13H,1H2,2-4H3,(H2,23,27)(H,24,26)/b14-13+. The summed E-state index contributed by atoms with van der Waals surface area (Å²) in [5.41, 5.74) is 8.69. The minimum absolute atomic E-state index is 0.278. The smallest absolute Gasteiger partial charge is 0.164 e. The zero-order valence-corrected chi connectivity index (χ0v) is 16.1. The number of hydrogen-bond acceptors (Lipinski definition) is 4. The maximum atomic E-state index is 13.3. The first-order chi connectivity index (χ1) is 13.3. The average molecular weight is 378 g/mol. The van der Waals surface area contributed by atoms with Crippen molar-refractivity contribution in [2.75, 3.05) is 5.73 Å². The highest BCUT2D eigenvalue weighted by atomic mass is 19.1. The molecule has 0 aliphatic heterocycles. The highest BCUT2D eigenvalue weighted by Gasteiger charge is 2.20. The molecule has 0 spiro atoms. The number of anilines is 1. The minimum Gasteiger partial charge on any atom is -0.382 e. The van der Waals surface area contributed by atoms with Crippen molar-refractivity contribution in [3.63, 3.8) is 0 Å². The van der Waals surface area contributed by atoms with E-state index in [0.717, 1.165) is 16.7 Å². The summed E-state index contributed by atoms with van der Waals surface area (Å²) in [6.07, 6.45) is 6.92. The number of allylic oxidation sites excluding steroid dienone is 1. The molecular formula is C21H23FN6. The fourth-order valence-electron chi connectivity index (χ4n) is 2.99. The van der Waals surface area contributed by atoms with Gasteiger partial charge in [-0.15, -0.1) is 5.10 Å². The lowest BCUT2D eigenvalue weighted by Crippen LogP contribution is -2.23. The Balaban J connectivity index is 2.03. The van der Waals surface area contributed by atoms with Crippen LogP contribution in [0.25, 0.3) is 11.2 Å². The van der Waals surface area contributed by atoms with Gasteiger partial charge in [0.2, 0.25) is 0 Å². The van der Waals surface area contributed by atoms with Crippen molar-refractivity contribution in [2.24, 2.45) is 4.99 Å². The summed E-state index contributed by atoms with van der Waals surface area (Å²) in [7, 11) is 0. The third kappa shape index (κ3) is 3.93. The molecule has 2 aromatic heterocycles. The number of aliphatic imine (C=N–C) groups is 1. The van der Waals surface area contributed by atoms with E-state index in [9.17, 15) is 4.39 Å². The Kier molecular flexibility index (Phi) is 5.26. The van der Waals surface area contributed by atoms with Crippen molar-refractivity contribution in [3.8, 4) is 0 Å². The molecule has 0 amide bonds. The second-order valence-electron chi connectivity index (χ2n) is 6.89. The number of amidine groups is 1. The quantitative estimate of drug-likeness (QED) is 0.521. The molecule has 3 N–H and O–H groups in total. The fourth-order valence-corrected chi connectivity index (χ4v) is 2.99. The summed E-state index contributed by atoms with van der Waals surface area (Å²) in [6, 6.07) is 8.11. The highest BCUT2D eigenvalue weighted by molar-refractivity contribution is 6.01. The van der Waals surface area contributed by atoms with Gasteiger partial charge in [-0.25, -0.2) is 13.9 Å². The monoisotopic (exact) mass is 378 g/mol. The Bertz CT molecular complexity index is 1060. The average Bonchev–Trinajstić information content (AvgIpc) is 2.97. The van der Waals surface area contributed by atoms with Crippen LogP contribution in [0.1, 0.15) is 31.9 Å². The summed E-state index contributed by atoms with van der Waals surface area (Å²) in [5, 5.41) is 7.35. The zero-order chi connectivity index (χ0) is 20.3. The van der Waals surface area contributed by atoms with Crippen LogP contribution in [0.15, 0.2) is 66.6 Å². The SMILES string of the molecule is C=CNC(/C=C(\C)c1c(N)nn2cccnc12)=NC(C)(C)c1ccc(F)cc1. The summed E-state index contributed by atoms with van der Waals surface area (Å²) in [6.45, 7) is 9.57. The van der Waals surface area contributed by atoms with Gasteiger partial charge in [-0.2, -0.15) is 0 Å². The number of halogens is 1. The third-order valence-corrected chi connectivity index (χ3v) is 4.37. The van der Waals surface area contributed by atoms with E-state index in [4.69, 9.17) is 10.7 Å². The second kappa shape index (κ2) is 7.64. The van der Waals surface area contributed by atoms with E-state index in [0.29, 0.717) is 17.3 Å². The van der Waals surface area contributed by atoms with Crippen molar-refractivity contribution < 1.29 is 4.39 Å². The van der Waals surface area contributed by atoms with Gasteiger partial charge in [0.1, 0.15) is 11.7 Å². The van der Waals surface area contributed by atoms with Crippen molar-refractivity contribution in [1.82, 2.24) is 19.9 Å². The summed E-state index contributed by atoms with van der Waals surface area (Å²) < 4.78 is 14.9. The zero-order valence-electron chi connectivity index (χ0n) is 16.1. The molecule has 0 aliphatic rings. The van der Waals surface area contributed by atoms with Crippen LogP contribution in [-0.2, 0) is 5.54 Å². The van der Waals surface area contributed by atoms with E-state index < -0.39 is 5.54 Å². The van der Waals surface area contributed by atoms with Gasteiger partial charge in [-0.1, -0.05) is 18.7 Å². The first kappa shape index (κ1) is 19.3. The van der Waals surface area contributed by atoms with Crippen LogP contribution in [0.4, 0.5) is 10.2 Å². The van der Waals surface area contributed by atoms with Crippen LogP contribution < -0.4 is 11.1 Å². The number of nitrogen functional groups attached to an aromatic ring is 1. The molecule has 144 valence electrons. The van der Waals surface area contributed by atoms with Gasteiger partial charge >= 0.3 is 0 Å². The van der Waals surface area contributed by atoms with Gasteiger partial charge in [-0.05, 0) is 62.4 Å². The predicted octanol–water partition coefficient (Wildman–Crippen LogP) is 3.92. The number of nitrogens with zero attached hydrogens (tertiary/aromatic N) is 4. The van der Waals surface area contributed by atoms with E-state index in [2.05, 4.69) is 22.0 Å². The van der Waals surface area contributed by atoms with Crippen molar-refractivity contribution in [1.29, 1.82) is 0 Å². The van der Waals surface area contributed by atoms with Crippen molar-refractivity contribution in [2.45, 2.75) is 26.3 Å². The number of aromatic nitrogens is 3. The predicted molar refractivity (Wildman–Crippen MR) is 111 cm³/mol. The Labute approximate surface area is 163 Å². The molecule has 0 bridgehead atoms. The summed E-state index contributed by atoms with van der Waals surface area (Å²) in [5.74, 6) is 0.708. The van der Waals surface area contributed by atoms with E-state index in [1.807, 2.05) is 26.8 Å². The Morgan fingerprint density at radius 2 is 2.04 bits per heavy atom. The van der Waals surface area contributed by atoms with Crippen LogP contribution in [0.2, 0.25) is 0 Å². The molecule has 0 aliphatic carbocycles. The normalized spacial score (nSPS) is 13.0. The third-order valence-electron chi connectivity index (χ3n) is 4.37. The van der Waals surface area contributed by atoms with Gasteiger partial charge in [0.25, 0.3) is 0 Å². The number of rotatable bonds is 5. The van der Waals surface area contributed by atoms with Gasteiger partial charge in [0.15, 0.2) is 11.5 Å². The number of benzene rings is 1. The van der Waals surface area contributed by atoms with Gasteiger partial charge in [0.05, 0.1) is 11.1 Å². The fraction of sp³-hybridized carbons (Fsp3) is 0.190. The van der Waals surface area contributed by atoms with E-state index in [-0.39, 0.29) is 5.82 Å². The maximum Gasteiger partial charge on any atom is 0.164 e. The van der Waals surface area contributed by atoms with Gasteiger partial charge < -0.3 is 11.1 Å². The molecule has 2 heterocycles. The number of nitrogens with two attached hydrogens (primary N) is 1. The highest BCUT2D eigenvalue weighted by Crippen LogP contribution is 2.27. The topological polar surface area (TPSA) is 80.6 Å². The van der Waals surface area contributed by atoms with Crippen molar-refractivity contribution in [3.05, 3.63) is 78.5 Å². The van der Waals surface area contributed by atoms with Crippen molar-refractivity contribution >= 4 is 22.9 Å². The molecular weight excluding hydrogens is 355 g/mol. The maximum absolute atomic E-state index is 13.3. The number of nitrogens with one attached hydrogen (secondary N) is 1. The molecule has 0 fully saturated rings. The summed E-state index contributed by atoms with van der Waals surface area (Å²) >= 11 is 0. The van der Waals surface area contributed by atoms with Crippen LogP contribution in [0, 0.1) is 5.82 Å². The molecule has 0 atom stereocenters. The van der Waals surface area contributed by atoms with Gasteiger partial charge in [-0.3, -0.25) is 4.99 Å². The second-order valence-corrected chi connectivity index (χ2v) is 6.89. The van der Waals surface area contributed by atoms with E-state index in [1.165, 1.54) is 12.1 Å².